The van der Waals surface area contributed by atoms with E-state index in [2.05, 4.69) is 4.57 Å². The lowest BCUT2D eigenvalue weighted by Crippen LogP contribution is -2.02. The lowest BCUT2D eigenvalue weighted by atomic mass is 10.1. The van der Waals surface area contributed by atoms with Gasteiger partial charge in [0.25, 0.3) is 0 Å². The molecule has 0 unspecified atom stereocenters. The van der Waals surface area contributed by atoms with Crippen molar-refractivity contribution in [3.05, 3.63) is 94.3 Å². The van der Waals surface area contributed by atoms with E-state index in [4.69, 9.17) is 5.11 Å². The van der Waals surface area contributed by atoms with Gasteiger partial charge in [-0.15, -0.1) is 0 Å². The van der Waals surface area contributed by atoms with Gasteiger partial charge in [-0.2, -0.15) is 0 Å². The minimum atomic E-state index is -0.841. The van der Waals surface area contributed by atoms with Gasteiger partial charge in [-0.3, -0.25) is 9.59 Å². The van der Waals surface area contributed by atoms with Crippen molar-refractivity contribution < 1.29 is 14.7 Å². The largest absolute Gasteiger partial charge is 0.481 e. The third-order valence-electron chi connectivity index (χ3n) is 4.77. The molecule has 0 aliphatic heterocycles. The van der Waals surface area contributed by atoms with Crippen molar-refractivity contribution >= 4 is 17.8 Å². The predicted octanol–water partition coefficient (Wildman–Crippen LogP) is 4.93. The SMILES string of the molecule is Cc1ccc(C(=O)/C=C/c2cc(C)n(-c3ccc(CC(=O)O)cc3)c2C)cc1. The molecule has 1 aromatic heterocycles. The summed E-state index contributed by atoms with van der Waals surface area (Å²) in [6.07, 6.45) is 3.46. The van der Waals surface area contributed by atoms with Gasteiger partial charge in [0.15, 0.2) is 5.78 Å². The first-order valence-electron chi connectivity index (χ1n) is 9.14. The summed E-state index contributed by atoms with van der Waals surface area (Å²) in [5.41, 5.74) is 6.58. The highest BCUT2D eigenvalue weighted by atomic mass is 16.4. The number of aromatic nitrogens is 1. The number of hydrogen-bond donors (Lipinski definition) is 1. The Labute approximate surface area is 164 Å². The summed E-state index contributed by atoms with van der Waals surface area (Å²) in [7, 11) is 0. The van der Waals surface area contributed by atoms with Crippen LogP contribution in [-0.2, 0) is 11.2 Å². The molecule has 0 aliphatic rings. The Morgan fingerprint density at radius 3 is 2.21 bits per heavy atom. The fourth-order valence-electron chi connectivity index (χ4n) is 3.27. The third kappa shape index (κ3) is 4.29. The Bertz CT molecular complexity index is 1040. The van der Waals surface area contributed by atoms with Gasteiger partial charge in [0.1, 0.15) is 0 Å². The van der Waals surface area contributed by atoms with Crippen LogP contribution in [0.2, 0.25) is 0 Å². The second kappa shape index (κ2) is 8.09. The Morgan fingerprint density at radius 2 is 1.61 bits per heavy atom. The van der Waals surface area contributed by atoms with Gasteiger partial charge in [0.05, 0.1) is 6.42 Å². The molecule has 0 bridgehead atoms. The van der Waals surface area contributed by atoms with E-state index in [1.165, 1.54) is 0 Å². The summed E-state index contributed by atoms with van der Waals surface area (Å²) < 4.78 is 2.10. The standard InChI is InChI=1S/C24H23NO3/c1-16-4-8-20(9-5-16)23(26)13-10-21-14-17(2)25(18(21)3)22-11-6-19(7-12-22)15-24(27)28/h4-14H,15H2,1-3H3,(H,27,28)/b13-10+. The number of carboxylic acids is 1. The van der Waals surface area contributed by atoms with Crippen molar-refractivity contribution in [1.29, 1.82) is 0 Å². The van der Waals surface area contributed by atoms with E-state index >= 15 is 0 Å². The number of carbonyl (C=O) groups is 2. The van der Waals surface area contributed by atoms with E-state index in [0.29, 0.717) is 5.56 Å². The van der Waals surface area contributed by atoms with Gasteiger partial charge < -0.3 is 9.67 Å². The number of nitrogens with zero attached hydrogens (tertiary/aromatic N) is 1. The number of aryl methyl sites for hydroxylation is 2. The average molecular weight is 373 g/mol. The van der Waals surface area contributed by atoms with Gasteiger partial charge in [-0.1, -0.05) is 42.0 Å². The van der Waals surface area contributed by atoms with Crippen LogP contribution in [0.25, 0.3) is 11.8 Å². The molecule has 1 heterocycles. The van der Waals surface area contributed by atoms with E-state index in [1.807, 2.05) is 81.4 Å². The molecule has 0 amide bonds. The maximum Gasteiger partial charge on any atom is 0.307 e. The van der Waals surface area contributed by atoms with Crippen LogP contribution in [0.4, 0.5) is 0 Å². The zero-order valence-corrected chi connectivity index (χ0v) is 16.3. The van der Waals surface area contributed by atoms with Gasteiger partial charge in [0, 0.05) is 22.6 Å². The van der Waals surface area contributed by atoms with Crippen LogP contribution in [-0.4, -0.2) is 21.4 Å². The molecule has 0 saturated carbocycles. The molecule has 0 saturated heterocycles. The van der Waals surface area contributed by atoms with Crippen LogP contribution in [0.3, 0.4) is 0 Å². The zero-order valence-electron chi connectivity index (χ0n) is 16.3. The number of allylic oxidation sites excluding steroid dienone is 1. The average Bonchev–Trinajstić information content (AvgIpc) is 2.94. The first-order chi connectivity index (χ1) is 13.3. The van der Waals surface area contributed by atoms with Gasteiger partial charge in [-0.05, 0) is 62.2 Å². The molecule has 0 atom stereocenters. The zero-order chi connectivity index (χ0) is 20.3. The molecule has 4 nitrogen and oxygen atoms in total. The number of carbonyl (C=O) groups excluding carboxylic acids is 1. The second-order valence-electron chi connectivity index (χ2n) is 6.96. The van der Waals surface area contributed by atoms with Crippen molar-refractivity contribution in [2.24, 2.45) is 0 Å². The number of benzene rings is 2. The number of aliphatic carboxylic acids is 1. The molecule has 0 radical (unpaired) electrons. The highest BCUT2D eigenvalue weighted by molar-refractivity contribution is 6.06. The van der Waals surface area contributed by atoms with E-state index < -0.39 is 5.97 Å². The smallest absolute Gasteiger partial charge is 0.307 e. The normalized spacial score (nSPS) is 11.1. The fourth-order valence-corrected chi connectivity index (χ4v) is 3.27. The van der Waals surface area contributed by atoms with E-state index in [1.54, 1.807) is 6.08 Å². The van der Waals surface area contributed by atoms with Crippen LogP contribution in [0, 0.1) is 20.8 Å². The summed E-state index contributed by atoms with van der Waals surface area (Å²) in [6, 6.07) is 17.1. The Hall–Kier alpha value is -3.40. The first kappa shape index (κ1) is 19.4. The Morgan fingerprint density at radius 1 is 0.964 bits per heavy atom. The molecule has 1 N–H and O–H groups in total. The molecule has 0 fully saturated rings. The van der Waals surface area contributed by atoms with Crippen molar-refractivity contribution in [3.8, 4) is 5.69 Å². The molecule has 4 heteroatoms. The fraction of sp³-hybridized carbons (Fsp3) is 0.167. The van der Waals surface area contributed by atoms with Crippen LogP contribution < -0.4 is 0 Å². The molecule has 0 spiro atoms. The van der Waals surface area contributed by atoms with Crippen LogP contribution in [0.15, 0.2) is 60.7 Å². The summed E-state index contributed by atoms with van der Waals surface area (Å²) in [5, 5.41) is 8.90. The van der Waals surface area contributed by atoms with Crippen molar-refractivity contribution in [2.75, 3.05) is 0 Å². The number of rotatable bonds is 6. The lowest BCUT2D eigenvalue weighted by molar-refractivity contribution is -0.136. The molecule has 142 valence electrons. The predicted molar refractivity (Wildman–Crippen MR) is 111 cm³/mol. The Kier molecular flexibility index (Phi) is 5.59. The summed E-state index contributed by atoms with van der Waals surface area (Å²) in [5.74, 6) is -0.866. The highest BCUT2D eigenvalue weighted by Gasteiger charge is 2.10. The van der Waals surface area contributed by atoms with Crippen LogP contribution in [0.1, 0.15) is 38.4 Å². The maximum atomic E-state index is 12.4. The highest BCUT2D eigenvalue weighted by Crippen LogP contribution is 2.22. The summed E-state index contributed by atoms with van der Waals surface area (Å²) >= 11 is 0. The number of ketones is 1. The van der Waals surface area contributed by atoms with E-state index in [-0.39, 0.29) is 12.2 Å². The number of hydrogen-bond acceptors (Lipinski definition) is 2. The maximum absolute atomic E-state index is 12.4. The first-order valence-corrected chi connectivity index (χ1v) is 9.14. The molecule has 3 rings (SSSR count). The van der Waals surface area contributed by atoms with Gasteiger partial charge >= 0.3 is 5.97 Å². The van der Waals surface area contributed by atoms with Crippen molar-refractivity contribution in [1.82, 2.24) is 4.57 Å². The minimum absolute atomic E-state index is 0.0129. The van der Waals surface area contributed by atoms with Gasteiger partial charge in [-0.25, -0.2) is 0 Å². The lowest BCUT2D eigenvalue weighted by Gasteiger charge is -2.10. The van der Waals surface area contributed by atoms with Crippen molar-refractivity contribution in [3.63, 3.8) is 0 Å². The van der Waals surface area contributed by atoms with Crippen LogP contribution >= 0.6 is 0 Å². The third-order valence-corrected chi connectivity index (χ3v) is 4.77. The second-order valence-corrected chi connectivity index (χ2v) is 6.96. The molecular formula is C24H23NO3. The monoisotopic (exact) mass is 373 g/mol. The summed E-state index contributed by atoms with van der Waals surface area (Å²) in [6.45, 7) is 6.01. The van der Waals surface area contributed by atoms with Crippen LogP contribution in [0.5, 0.6) is 0 Å². The molecule has 28 heavy (non-hydrogen) atoms. The Balaban J connectivity index is 1.84. The topological polar surface area (TPSA) is 59.3 Å². The van der Waals surface area contributed by atoms with E-state index in [9.17, 15) is 9.59 Å². The van der Waals surface area contributed by atoms with E-state index in [0.717, 1.165) is 33.8 Å². The number of carboxylic acid groups (broad SMARTS) is 1. The summed E-state index contributed by atoms with van der Waals surface area (Å²) in [4.78, 5) is 23.2. The molecular weight excluding hydrogens is 350 g/mol. The quantitative estimate of drug-likeness (QED) is 0.492. The molecule has 0 aliphatic carbocycles. The molecule has 2 aromatic carbocycles. The molecule has 3 aromatic rings. The van der Waals surface area contributed by atoms with Gasteiger partial charge in [0.2, 0.25) is 0 Å². The van der Waals surface area contributed by atoms with Crippen molar-refractivity contribution in [2.45, 2.75) is 27.2 Å². The minimum Gasteiger partial charge on any atom is -0.481 e.